The van der Waals surface area contributed by atoms with Crippen molar-refractivity contribution in [1.82, 2.24) is 0 Å². The van der Waals surface area contributed by atoms with Crippen molar-refractivity contribution in [3.8, 4) is 0 Å². The first kappa shape index (κ1) is 27.5. The van der Waals surface area contributed by atoms with Crippen LogP contribution in [0.1, 0.15) is 38.5 Å². The van der Waals surface area contributed by atoms with Crippen molar-refractivity contribution in [3.05, 3.63) is 0 Å². The van der Waals surface area contributed by atoms with E-state index in [4.69, 9.17) is 5.26 Å². The zero-order chi connectivity index (χ0) is 26.0. The van der Waals surface area contributed by atoms with Crippen molar-refractivity contribution < 1.29 is 73.2 Å². The average Bonchev–Trinajstić information content (AvgIpc) is 2.67. The van der Waals surface area contributed by atoms with E-state index in [0.717, 1.165) is 0 Å². The molecule has 0 aromatic rings. The van der Waals surface area contributed by atoms with Crippen LogP contribution in [0.3, 0.4) is 0 Å². The molecule has 4 rings (SSSR count). The van der Waals surface area contributed by atoms with Crippen LogP contribution in [0, 0.1) is 17.3 Å². The lowest BCUT2D eigenvalue weighted by Gasteiger charge is -2.59. The van der Waals surface area contributed by atoms with Gasteiger partial charge in [-0.3, -0.25) is 0 Å². The van der Waals surface area contributed by atoms with Gasteiger partial charge in [-0.2, -0.15) is 39.5 Å². The molecule has 4 bridgehead atoms. The Morgan fingerprint density at radius 3 is 1.85 bits per heavy atom. The third-order valence-electron chi connectivity index (χ3n) is 6.65. The first-order valence-electron chi connectivity index (χ1n) is 9.70. The third kappa shape index (κ3) is 4.14. The molecule has 0 aliphatic heterocycles. The maximum Gasteiger partial charge on any atom is 0.460 e. The molecular weight excluding hydrogens is 522 g/mol. The maximum atomic E-state index is 15.0. The molecule has 4 aliphatic carbocycles. The molecule has 4 aliphatic rings. The van der Waals surface area contributed by atoms with Gasteiger partial charge in [0.2, 0.25) is 0 Å². The van der Waals surface area contributed by atoms with E-state index in [-0.39, 0.29) is 18.3 Å². The fraction of sp³-hybridized carbons (Fsp3) is 0.941. The SMILES string of the molecule is O=C(OCC12CC3CC(CC(O)(C3)C1)C2)C(F)(SOOO)C(F)(F)C(F)(F)C(F)(F)C(F)(F)F. The Bertz CT molecular complexity index is 794. The summed E-state index contributed by atoms with van der Waals surface area (Å²) in [6.45, 7) is -0.912. The van der Waals surface area contributed by atoms with Crippen molar-refractivity contribution in [2.24, 2.45) is 17.3 Å². The minimum Gasteiger partial charge on any atom is -0.462 e. The zero-order valence-electron chi connectivity index (χ0n) is 16.8. The topological polar surface area (TPSA) is 85.2 Å². The summed E-state index contributed by atoms with van der Waals surface area (Å²) in [5.74, 6) is -25.2. The van der Waals surface area contributed by atoms with E-state index in [1.54, 1.807) is 0 Å². The molecule has 4 saturated carbocycles. The van der Waals surface area contributed by atoms with Crippen molar-refractivity contribution in [3.63, 3.8) is 0 Å². The van der Waals surface area contributed by atoms with Crippen molar-refractivity contribution in [2.75, 3.05) is 6.61 Å². The summed E-state index contributed by atoms with van der Waals surface area (Å²) in [7, 11) is 0. The minimum absolute atomic E-state index is 0.0122. The first-order valence-corrected chi connectivity index (χ1v) is 10.4. The summed E-state index contributed by atoms with van der Waals surface area (Å²) in [4.78, 5) is 12.2. The number of hydrogen-bond acceptors (Lipinski definition) is 7. The van der Waals surface area contributed by atoms with Gasteiger partial charge in [0.05, 0.1) is 24.3 Å². The van der Waals surface area contributed by atoms with E-state index in [1.165, 1.54) is 0 Å². The minimum atomic E-state index is -7.52. The van der Waals surface area contributed by atoms with Crippen LogP contribution in [-0.2, 0) is 18.9 Å². The van der Waals surface area contributed by atoms with Crippen LogP contribution >= 0.6 is 12.0 Å². The Morgan fingerprint density at radius 1 is 0.882 bits per heavy atom. The predicted octanol–water partition coefficient (Wildman–Crippen LogP) is 5.06. The van der Waals surface area contributed by atoms with E-state index in [1.807, 2.05) is 0 Å². The quantitative estimate of drug-likeness (QED) is 0.139. The van der Waals surface area contributed by atoms with Crippen LogP contribution in [0.15, 0.2) is 0 Å². The fourth-order valence-corrected chi connectivity index (χ4v) is 6.22. The third-order valence-corrected chi connectivity index (χ3v) is 7.43. The number of rotatable bonds is 9. The van der Waals surface area contributed by atoms with Crippen LogP contribution in [-0.4, -0.2) is 57.5 Å². The molecule has 2 N–H and O–H groups in total. The van der Waals surface area contributed by atoms with E-state index in [0.29, 0.717) is 32.1 Å². The fourth-order valence-electron chi connectivity index (χ4n) is 5.74. The summed E-state index contributed by atoms with van der Waals surface area (Å²) >= 11 is -1.78. The molecule has 4 fully saturated rings. The lowest BCUT2D eigenvalue weighted by atomic mass is 9.48. The standard InChI is InChI=1S/C17H18F10O6S/c18-13(34-33-32-30,14(19,20)15(21,22)16(23,24)17(25,26)27)10(28)31-7-11-2-8-1-9(3-11)5-12(29,4-8)6-11/h8-9,29-30H,1-7H2. The highest BCUT2D eigenvalue weighted by atomic mass is 32.2. The van der Waals surface area contributed by atoms with Gasteiger partial charge in [0.15, 0.2) is 0 Å². The summed E-state index contributed by atoms with van der Waals surface area (Å²) in [5.41, 5.74) is -2.25. The second-order valence-corrected chi connectivity index (χ2v) is 10.2. The molecule has 0 spiro atoms. The number of alkyl halides is 10. The van der Waals surface area contributed by atoms with E-state index in [2.05, 4.69) is 14.1 Å². The van der Waals surface area contributed by atoms with Crippen molar-refractivity contribution >= 4 is 18.0 Å². The smallest absolute Gasteiger partial charge is 0.460 e. The molecular formula is C17H18F10O6S. The molecule has 3 unspecified atom stereocenters. The molecule has 0 saturated heterocycles. The molecule has 0 aromatic carbocycles. The van der Waals surface area contributed by atoms with Crippen LogP contribution < -0.4 is 0 Å². The Balaban J connectivity index is 1.87. The number of hydrogen-bond donors (Lipinski definition) is 2. The van der Waals surface area contributed by atoms with Gasteiger partial charge >= 0.3 is 34.9 Å². The monoisotopic (exact) mass is 540 g/mol. The molecule has 3 atom stereocenters. The van der Waals surface area contributed by atoms with E-state index >= 15 is 0 Å². The Kier molecular flexibility index (Phi) is 6.68. The molecule has 0 amide bonds. The number of carbonyl (C=O) groups is 1. The van der Waals surface area contributed by atoms with Gasteiger partial charge < -0.3 is 9.84 Å². The second-order valence-electron chi connectivity index (χ2n) is 9.30. The molecule has 34 heavy (non-hydrogen) atoms. The molecule has 6 nitrogen and oxygen atoms in total. The zero-order valence-corrected chi connectivity index (χ0v) is 17.6. The number of halogens is 10. The summed E-state index contributed by atoms with van der Waals surface area (Å²) in [5, 5.41) is 15.7. The van der Waals surface area contributed by atoms with Crippen molar-refractivity contribution in [1.29, 1.82) is 0 Å². The van der Waals surface area contributed by atoms with Gasteiger partial charge in [-0.25, -0.2) is 14.4 Å². The highest BCUT2D eigenvalue weighted by Crippen LogP contribution is 2.63. The normalized spacial score (nSPS) is 33.6. The lowest BCUT2D eigenvalue weighted by Crippen LogP contribution is -2.68. The number of carbonyl (C=O) groups excluding carboxylic acids is 1. The molecule has 0 heterocycles. The maximum absolute atomic E-state index is 15.0. The number of ether oxygens (including phenoxy) is 1. The predicted molar refractivity (Wildman–Crippen MR) is 90.1 cm³/mol. The second kappa shape index (κ2) is 8.24. The summed E-state index contributed by atoms with van der Waals surface area (Å²) in [6.07, 6.45) is -5.18. The van der Waals surface area contributed by atoms with Crippen LogP contribution in [0.4, 0.5) is 43.9 Å². The van der Waals surface area contributed by atoms with Gasteiger partial charge in [-0.05, 0) is 50.4 Å². The summed E-state index contributed by atoms with van der Waals surface area (Å²) in [6, 6.07) is 0. The van der Waals surface area contributed by atoms with Crippen molar-refractivity contribution in [2.45, 2.75) is 73.1 Å². The molecule has 0 aromatic heterocycles. The molecule has 0 radical (unpaired) electrons. The van der Waals surface area contributed by atoms with Gasteiger partial charge in [0, 0.05) is 5.41 Å². The van der Waals surface area contributed by atoms with Gasteiger partial charge in [0.1, 0.15) is 0 Å². The number of aliphatic hydroxyl groups is 1. The average molecular weight is 540 g/mol. The summed E-state index contributed by atoms with van der Waals surface area (Å²) < 4.78 is 142. The largest absolute Gasteiger partial charge is 0.462 e. The van der Waals surface area contributed by atoms with Crippen LogP contribution in [0.2, 0.25) is 0 Å². The van der Waals surface area contributed by atoms with Crippen LogP contribution in [0.5, 0.6) is 0 Å². The Morgan fingerprint density at radius 2 is 1.41 bits per heavy atom. The first-order chi connectivity index (χ1) is 15.3. The molecule has 198 valence electrons. The van der Waals surface area contributed by atoms with Gasteiger partial charge in [-0.1, -0.05) is 5.04 Å². The highest BCUT2D eigenvalue weighted by molar-refractivity contribution is 7.96. The van der Waals surface area contributed by atoms with Crippen LogP contribution in [0.25, 0.3) is 0 Å². The van der Waals surface area contributed by atoms with E-state index in [9.17, 15) is 53.8 Å². The van der Waals surface area contributed by atoms with Gasteiger partial charge in [-0.15, -0.1) is 4.33 Å². The lowest BCUT2D eigenvalue weighted by molar-refractivity contribution is -0.435. The number of esters is 1. The van der Waals surface area contributed by atoms with E-state index < -0.39 is 64.6 Å². The molecule has 17 heteroatoms. The van der Waals surface area contributed by atoms with Gasteiger partial charge in [0.25, 0.3) is 0 Å². The highest BCUT2D eigenvalue weighted by Gasteiger charge is 2.88. The Labute approximate surface area is 188 Å². The Hall–Kier alpha value is -1.04.